The Kier molecular flexibility index (Phi) is 7.01. The van der Waals surface area contributed by atoms with E-state index in [9.17, 15) is 14.4 Å². The van der Waals surface area contributed by atoms with Crippen LogP contribution in [0.3, 0.4) is 0 Å². The van der Waals surface area contributed by atoms with Gasteiger partial charge in [0.25, 0.3) is 5.91 Å². The van der Waals surface area contributed by atoms with E-state index in [4.69, 9.17) is 5.73 Å². The van der Waals surface area contributed by atoms with Crippen molar-refractivity contribution < 1.29 is 14.4 Å². The van der Waals surface area contributed by atoms with E-state index in [2.05, 4.69) is 5.32 Å². The molecule has 2 rings (SSSR count). The van der Waals surface area contributed by atoms with Gasteiger partial charge in [-0.05, 0) is 24.1 Å². The third-order valence-electron chi connectivity index (χ3n) is 3.45. The molecule has 7 heteroatoms. The molecule has 1 aliphatic heterocycles. The first-order valence-corrected chi connectivity index (χ1v) is 7.02. The van der Waals surface area contributed by atoms with Gasteiger partial charge in [0.2, 0.25) is 11.8 Å². The van der Waals surface area contributed by atoms with Gasteiger partial charge in [-0.1, -0.05) is 12.1 Å². The fourth-order valence-electron chi connectivity index (χ4n) is 2.21. The van der Waals surface area contributed by atoms with Crippen LogP contribution in [0.2, 0.25) is 0 Å². The molecule has 1 aliphatic rings. The molecular weight excluding hydrogens is 306 g/mol. The van der Waals surface area contributed by atoms with E-state index in [0.717, 1.165) is 5.56 Å². The number of halogens is 1. The lowest BCUT2D eigenvalue weighted by atomic mass is 10.1. The van der Waals surface area contributed by atoms with Crippen molar-refractivity contribution in [3.63, 3.8) is 0 Å². The van der Waals surface area contributed by atoms with Gasteiger partial charge in [0.05, 0.1) is 0 Å². The van der Waals surface area contributed by atoms with E-state index in [-0.39, 0.29) is 30.1 Å². The van der Waals surface area contributed by atoms with E-state index < -0.39 is 0 Å². The molecule has 1 saturated heterocycles. The van der Waals surface area contributed by atoms with Crippen molar-refractivity contribution in [2.45, 2.75) is 25.8 Å². The van der Waals surface area contributed by atoms with Gasteiger partial charge in [0.15, 0.2) is 0 Å². The van der Waals surface area contributed by atoms with Crippen molar-refractivity contribution in [2.75, 3.05) is 13.1 Å². The van der Waals surface area contributed by atoms with Crippen molar-refractivity contribution in [1.82, 2.24) is 10.2 Å². The fourth-order valence-corrected chi connectivity index (χ4v) is 2.21. The first-order valence-electron chi connectivity index (χ1n) is 7.02. The summed E-state index contributed by atoms with van der Waals surface area (Å²) in [6.07, 6.45) is 1.17. The molecule has 0 radical (unpaired) electrons. The minimum Gasteiger partial charge on any atom is -0.352 e. The summed E-state index contributed by atoms with van der Waals surface area (Å²) >= 11 is 0. The van der Waals surface area contributed by atoms with Crippen LogP contribution in [0.15, 0.2) is 24.3 Å². The molecule has 6 nitrogen and oxygen atoms in total. The van der Waals surface area contributed by atoms with Crippen molar-refractivity contribution in [3.05, 3.63) is 35.4 Å². The normalized spacial score (nSPS) is 14.0. The molecule has 22 heavy (non-hydrogen) atoms. The SMILES string of the molecule is Cl.NCc1ccc(C(=O)NCCCN2C(=O)CCC2=O)cc1. The van der Waals surface area contributed by atoms with Crippen LogP contribution in [0, 0.1) is 0 Å². The largest absolute Gasteiger partial charge is 0.352 e. The number of nitrogens with zero attached hydrogens (tertiary/aromatic N) is 1. The van der Waals surface area contributed by atoms with Crippen molar-refractivity contribution in [3.8, 4) is 0 Å². The molecular formula is C15H20ClN3O3. The van der Waals surface area contributed by atoms with E-state index in [0.29, 0.717) is 44.5 Å². The lowest BCUT2D eigenvalue weighted by Crippen LogP contribution is -2.33. The fraction of sp³-hybridized carbons (Fsp3) is 0.400. The van der Waals surface area contributed by atoms with Crippen LogP contribution in [0.5, 0.6) is 0 Å². The Morgan fingerprint density at radius 3 is 2.27 bits per heavy atom. The summed E-state index contributed by atoms with van der Waals surface area (Å²) in [5.74, 6) is -0.412. The van der Waals surface area contributed by atoms with Crippen LogP contribution in [-0.2, 0) is 16.1 Å². The standard InChI is InChI=1S/C15H19N3O3.ClH/c16-10-11-2-4-12(5-3-11)15(21)17-8-1-9-18-13(19)6-7-14(18)20;/h2-5H,1,6-10,16H2,(H,17,21);1H. The lowest BCUT2D eigenvalue weighted by Gasteiger charge is -2.13. The number of likely N-dealkylation sites (tertiary alicyclic amines) is 1. The molecule has 1 heterocycles. The first kappa shape index (κ1) is 18.1. The summed E-state index contributed by atoms with van der Waals surface area (Å²) in [4.78, 5) is 35.9. The van der Waals surface area contributed by atoms with E-state index >= 15 is 0 Å². The number of benzene rings is 1. The molecule has 3 N–H and O–H groups in total. The van der Waals surface area contributed by atoms with Crippen LogP contribution in [0.1, 0.15) is 35.2 Å². The van der Waals surface area contributed by atoms with Crippen LogP contribution in [-0.4, -0.2) is 35.7 Å². The van der Waals surface area contributed by atoms with Gasteiger partial charge in [-0.2, -0.15) is 0 Å². The lowest BCUT2D eigenvalue weighted by molar-refractivity contribution is -0.138. The van der Waals surface area contributed by atoms with Crippen LogP contribution in [0.4, 0.5) is 0 Å². The third kappa shape index (κ3) is 4.54. The molecule has 0 aliphatic carbocycles. The van der Waals surface area contributed by atoms with Crippen LogP contribution < -0.4 is 11.1 Å². The Hall–Kier alpha value is -1.92. The molecule has 120 valence electrons. The summed E-state index contributed by atoms with van der Waals surface area (Å²) in [6.45, 7) is 1.23. The Morgan fingerprint density at radius 2 is 1.73 bits per heavy atom. The number of imide groups is 1. The van der Waals surface area contributed by atoms with Gasteiger partial charge in [0, 0.05) is 38.0 Å². The second-order valence-electron chi connectivity index (χ2n) is 4.95. The topological polar surface area (TPSA) is 92.5 Å². The van der Waals surface area contributed by atoms with Gasteiger partial charge >= 0.3 is 0 Å². The molecule has 0 atom stereocenters. The molecule has 0 spiro atoms. The number of carbonyl (C=O) groups excluding carboxylic acids is 3. The second kappa shape index (κ2) is 8.51. The van der Waals surface area contributed by atoms with Gasteiger partial charge in [-0.3, -0.25) is 19.3 Å². The second-order valence-corrected chi connectivity index (χ2v) is 4.95. The smallest absolute Gasteiger partial charge is 0.251 e. The van der Waals surface area contributed by atoms with Crippen LogP contribution >= 0.6 is 12.4 Å². The first-order chi connectivity index (χ1) is 10.1. The minimum atomic E-state index is -0.169. The molecule has 0 aromatic heterocycles. The summed E-state index contributed by atoms with van der Waals surface area (Å²) in [6, 6.07) is 7.09. The molecule has 3 amide bonds. The van der Waals surface area contributed by atoms with E-state index in [1.165, 1.54) is 4.90 Å². The highest BCUT2D eigenvalue weighted by Gasteiger charge is 2.27. The monoisotopic (exact) mass is 325 g/mol. The predicted molar refractivity (Wildman–Crippen MR) is 84.5 cm³/mol. The number of nitrogens with two attached hydrogens (primary N) is 1. The number of carbonyl (C=O) groups is 3. The van der Waals surface area contributed by atoms with Crippen molar-refractivity contribution in [2.24, 2.45) is 5.73 Å². The van der Waals surface area contributed by atoms with Crippen molar-refractivity contribution >= 4 is 30.1 Å². The zero-order valence-corrected chi connectivity index (χ0v) is 13.0. The Bertz CT molecular complexity index is 529. The highest BCUT2D eigenvalue weighted by Crippen LogP contribution is 2.11. The Morgan fingerprint density at radius 1 is 1.14 bits per heavy atom. The molecule has 0 bridgehead atoms. The highest BCUT2D eigenvalue weighted by molar-refractivity contribution is 6.01. The summed E-state index contributed by atoms with van der Waals surface area (Å²) in [5, 5.41) is 2.77. The van der Waals surface area contributed by atoms with E-state index in [1.54, 1.807) is 12.1 Å². The van der Waals surface area contributed by atoms with Gasteiger partial charge in [-0.15, -0.1) is 12.4 Å². The molecule has 0 saturated carbocycles. The van der Waals surface area contributed by atoms with E-state index in [1.807, 2.05) is 12.1 Å². The van der Waals surface area contributed by atoms with Gasteiger partial charge in [0.1, 0.15) is 0 Å². The summed E-state index contributed by atoms with van der Waals surface area (Å²) in [5.41, 5.74) is 7.04. The third-order valence-corrected chi connectivity index (χ3v) is 3.45. The number of hydrogen-bond acceptors (Lipinski definition) is 4. The number of rotatable bonds is 6. The molecule has 1 fully saturated rings. The highest BCUT2D eigenvalue weighted by atomic mass is 35.5. The maximum atomic E-state index is 11.9. The van der Waals surface area contributed by atoms with Crippen molar-refractivity contribution in [1.29, 1.82) is 0 Å². The maximum absolute atomic E-state index is 11.9. The average Bonchev–Trinajstić information content (AvgIpc) is 2.82. The quantitative estimate of drug-likeness (QED) is 0.598. The Labute approximate surface area is 135 Å². The van der Waals surface area contributed by atoms with Gasteiger partial charge < -0.3 is 11.1 Å². The number of amides is 3. The minimum absolute atomic E-state index is 0. The number of hydrogen-bond donors (Lipinski definition) is 2. The zero-order chi connectivity index (χ0) is 15.2. The zero-order valence-electron chi connectivity index (χ0n) is 12.2. The predicted octanol–water partition coefficient (Wildman–Crippen LogP) is 0.836. The summed E-state index contributed by atoms with van der Waals surface area (Å²) in [7, 11) is 0. The van der Waals surface area contributed by atoms with Gasteiger partial charge in [-0.25, -0.2) is 0 Å². The Balaban J connectivity index is 0.00000242. The number of nitrogens with one attached hydrogen (secondary N) is 1. The summed E-state index contributed by atoms with van der Waals surface area (Å²) < 4.78 is 0. The van der Waals surface area contributed by atoms with Crippen LogP contribution in [0.25, 0.3) is 0 Å². The molecule has 1 aromatic rings. The molecule has 1 aromatic carbocycles. The average molecular weight is 326 g/mol. The maximum Gasteiger partial charge on any atom is 0.251 e. The molecule has 0 unspecified atom stereocenters.